The summed E-state index contributed by atoms with van der Waals surface area (Å²) in [6, 6.07) is 8.30. The second-order valence-corrected chi connectivity index (χ2v) is 2.17. The van der Waals surface area contributed by atoms with E-state index in [1.165, 1.54) is 0 Å². The summed E-state index contributed by atoms with van der Waals surface area (Å²) >= 11 is 0. The molecule has 0 atom stereocenters. The zero-order valence-electron chi connectivity index (χ0n) is 8.16. The van der Waals surface area contributed by atoms with Crippen molar-refractivity contribution >= 4 is 5.97 Å². The van der Waals surface area contributed by atoms with Gasteiger partial charge in [0.2, 0.25) is 0 Å². The first-order valence-electron chi connectivity index (χ1n) is 3.80. The van der Waals surface area contributed by atoms with E-state index < -0.39 is 5.97 Å². The molecule has 0 aliphatic carbocycles. The number of benzene rings is 1. The third-order valence-electron chi connectivity index (χ3n) is 1.02. The quantitative estimate of drug-likeness (QED) is 0.482. The Morgan fingerprint density at radius 2 is 1.77 bits per heavy atom. The van der Waals surface area contributed by atoms with E-state index in [4.69, 9.17) is 5.11 Å². The molecular formula is C10H13NaO2. The summed E-state index contributed by atoms with van der Waals surface area (Å²) in [5.74, 6) is -0.879. The molecule has 0 aliphatic heterocycles. The van der Waals surface area contributed by atoms with Crippen molar-refractivity contribution in [3.05, 3.63) is 42.8 Å². The molecule has 66 valence electrons. The number of aromatic carboxylic acids is 1. The van der Waals surface area contributed by atoms with Crippen LogP contribution >= 0.6 is 0 Å². The van der Waals surface area contributed by atoms with Crippen LogP contribution in [0.4, 0.5) is 0 Å². The standard InChI is InChI=1S/C7H6O2.C3H7.Na/c8-7(9)6-4-2-1-3-5-6;1-3-2;/h1-5H,(H,8,9);1,3H2,2H3;/q;-1;+1. The molecular weight excluding hydrogens is 175 g/mol. The Kier molecular flexibility index (Phi) is 11.4. The molecule has 0 heterocycles. The van der Waals surface area contributed by atoms with Gasteiger partial charge in [0.05, 0.1) is 5.56 Å². The maximum Gasteiger partial charge on any atom is 1.00 e. The second-order valence-electron chi connectivity index (χ2n) is 2.17. The summed E-state index contributed by atoms with van der Waals surface area (Å²) in [6.07, 6.45) is 1.00. The van der Waals surface area contributed by atoms with Crippen molar-refractivity contribution in [3.8, 4) is 0 Å². The number of carbonyl (C=O) groups is 1. The average molecular weight is 188 g/mol. The zero-order valence-corrected chi connectivity index (χ0v) is 10.2. The molecule has 0 saturated heterocycles. The van der Waals surface area contributed by atoms with Crippen LogP contribution < -0.4 is 29.6 Å². The van der Waals surface area contributed by atoms with E-state index in [-0.39, 0.29) is 29.6 Å². The minimum absolute atomic E-state index is 0. The van der Waals surface area contributed by atoms with Crippen LogP contribution in [0.3, 0.4) is 0 Å². The fraction of sp³-hybridized carbons (Fsp3) is 0.200. The zero-order chi connectivity index (χ0) is 9.40. The van der Waals surface area contributed by atoms with E-state index in [1.807, 2.05) is 6.92 Å². The van der Waals surface area contributed by atoms with Crippen molar-refractivity contribution in [2.75, 3.05) is 0 Å². The molecule has 0 amide bonds. The Morgan fingerprint density at radius 1 is 1.38 bits per heavy atom. The van der Waals surface area contributed by atoms with Crippen molar-refractivity contribution in [2.45, 2.75) is 13.3 Å². The van der Waals surface area contributed by atoms with Crippen LogP contribution in [-0.2, 0) is 0 Å². The van der Waals surface area contributed by atoms with E-state index in [0.717, 1.165) is 6.42 Å². The van der Waals surface area contributed by atoms with E-state index >= 15 is 0 Å². The molecule has 1 N–H and O–H groups in total. The number of carboxylic acids is 1. The molecule has 3 heteroatoms. The minimum atomic E-state index is -0.879. The molecule has 0 aliphatic rings. The van der Waals surface area contributed by atoms with Gasteiger partial charge >= 0.3 is 35.5 Å². The summed E-state index contributed by atoms with van der Waals surface area (Å²) in [7, 11) is 0. The van der Waals surface area contributed by atoms with Gasteiger partial charge in [0, 0.05) is 0 Å². The molecule has 0 aromatic heterocycles. The van der Waals surface area contributed by atoms with Crippen LogP contribution in [0, 0.1) is 6.92 Å². The summed E-state index contributed by atoms with van der Waals surface area (Å²) in [6.45, 7) is 5.50. The summed E-state index contributed by atoms with van der Waals surface area (Å²) in [4.78, 5) is 10.2. The van der Waals surface area contributed by atoms with Gasteiger partial charge in [-0.15, -0.1) is 0 Å². The molecule has 0 spiro atoms. The summed E-state index contributed by atoms with van der Waals surface area (Å²) < 4.78 is 0. The first-order valence-corrected chi connectivity index (χ1v) is 3.80. The first kappa shape index (κ1) is 15.2. The van der Waals surface area contributed by atoms with Crippen LogP contribution in [0.1, 0.15) is 23.7 Å². The van der Waals surface area contributed by atoms with Crippen molar-refractivity contribution < 1.29 is 39.5 Å². The van der Waals surface area contributed by atoms with Gasteiger partial charge in [-0.1, -0.05) is 25.1 Å². The molecule has 1 aromatic carbocycles. The third kappa shape index (κ3) is 8.03. The molecule has 1 aromatic rings. The Balaban J connectivity index is 0. The first-order chi connectivity index (χ1) is 5.72. The van der Waals surface area contributed by atoms with Gasteiger partial charge in [-0.2, -0.15) is 6.42 Å². The van der Waals surface area contributed by atoms with Gasteiger partial charge in [-0.25, -0.2) is 4.79 Å². The normalized spacial score (nSPS) is 7.54. The van der Waals surface area contributed by atoms with Crippen LogP contribution in [0.5, 0.6) is 0 Å². The van der Waals surface area contributed by atoms with Crippen LogP contribution in [0.25, 0.3) is 0 Å². The molecule has 0 radical (unpaired) electrons. The van der Waals surface area contributed by atoms with Gasteiger partial charge in [0.1, 0.15) is 0 Å². The molecule has 0 bridgehead atoms. The van der Waals surface area contributed by atoms with E-state index in [9.17, 15) is 4.79 Å². The average Bonchev–Trinajstić information content (AvgIpc) is 2.07. The maximum atomic E-state index is 10.2. The van der Waals surface area contributed by atoms with Crippen molar-refractivity contribution in [3.63, 3.8) is 0 Å². The van der Waals surface area contributed by atoms with Crippen molar-refractivity contribution in [1.29, 1.82) is 0 Å². The number of hydrogen-bond donors (Lipinski definition) is 1. The number of rotatable bonds is 1. The van der Waals surface area contributed by atoms with Gasteiger partial charge in [0.25, 0.3) is 0 Å². The van der Waals surface area contributed by atoms with E-state index in [1.54, 1.807) is 30.3 Å². The SMILES string of the molecule is O=C(O)c1ccccc1.[CH2-]CC.[Na+]. The molecule has 2 nitrogen and oxygen atoms in total. The minimum Gasteiger partial charge on any atom is -0.478 e. The van der Waals surface area contributed by atoms with E-state index in [2.05, 4.69) is 6.92 Å². The monoisotopic (exact) mass is 188 g/mol. The fourth-order valence-corrected chi connectivity index (χ4v) is 0.581. The fourth-order valence-electron chi connectivity index (χ4n) is 0.581. The third-order valence-corrected chi connectivity index (χ3v) is 1.02. The van der Waals surface area contributed by atoms with Gasteiger partial charge in [-0.3, -0.25) is 0 Å². The molecule has 1 rings (SSSR count). The Hall–Kier alpha value is -0.310. The Bertz CT molecular complexity index is 222. The molecule has 0 saturated carbocycles. The summed E-state index contributed by atoms with van der Waals surface area (Å²) in [5, 5.41) is 8.38. The van der Waals surface area contributed by atoms with Gasteiger partial charge in [-0.05, 0) is 12.1 Å². The second kappa shape index (κ2) is 9.78. The van der Waals surface area contributed by atoms with Gasteiger partial charge in [0.15, 0.2) is 0 Å². The predicted octanol–water partition coefficient (Wildman–Crippen LogP) is -0.381. The molecule has 0 fully saturated rings. The van der Waals surface area contributed by atoms with Crippen LogP contribution in [-0.4, -0.2) is 11.1 Å². The molecule has 0 unspecified atom stereocenters. The van der Waals surface area contributed by atoms with Crippen molar-refractivity contribution in [2.24, 2.45) is 0 Å². The van der Waals surface area contributed by atoms with Crippen molar-refractivity contribution in [1.82, 2.24) is 0 Å². The largest absolute Gasteiger partial charge is 1.00 e. The predicted molar refractivity (Wildman–Crippen MR) is 49.0 cm³/mol. The van der Waals surface area contributed by atoms with E-state index in [0.29, 0.717) is 5.56 Å². The Labute approximate surface area is 101 Å². The molecule has 13 heavy (non-hydrogen) atoms. The van der Waals surface area contributed by atoms with Gasteiger partial charge < -0.3 is 12.0 Å². The summed E-state index contributed by atoms with van der Waals surface area (Å²) in [5.41, 5.74) is 0.331. The smallest absolute Gasteiger partial charge is 0.478 e. The topological polar surface area (TPSA) is 37.3 Å². The number of carboxylic acid groups (broad SMARTS) is 1. The maximum absolute atomic E-state index is 10.2. The van der Waals surface area contributed by atoms with Crippen LogP contribution in [0.2, 0.25) is 0 Å². The number of hydrogen-bond acceptors (Lipinski definition) is 1. The van der Waals surface area contributed by atoms with Crippen LogP contribution in [0.15, 0.2) is 30.3 Å². The Morgan fingerprint density at radius 3 is 2.00 bits per heavy atom.